The van der Waals surface area contributed by atoms with Gasteiger partial charge in [-0.2, -0.15) is 0 Å². The second-order valence-electron chi connectivity index (χ2n) is 4.82. The number of aryl methyl sites for hydroxylation is 2. The van der Waals surface area contributed by atoms with E-state index in [1.54, 1.807) is 0 Å². The molecule has 0 saturated heterocycles. The normalized spacial score (nSPS) is 10.8. The van der Waals surface area contributed by atoms with Gasteiger partial charge in [0, 0.05) is 10.7 Å². The van der Waals surface area contributed by atoms with E-state index in [9.17, 15) is 0 Å². The molecule has 1 rings (SSSR count). The van der Waals surface area contributed by atoms with Crippen LogP contribution in [0.2, 0.25) is 0 Å². The van der Waals surface area contributed by atoms with Crippen LogP contribution in [0.5, 0.6) is 0 Å². The van der Waals surface area contributed by atoms with E-state index in [-0.39, 0.29) is 0 Å². The predicted molar refractivity (Wildman–Crippen MR) is 89.1 cm³/mol. The molecule has 0 unspecified atom stereocenters. The van der Waals surface area contributed by atoms with Crippen molar-refractivity contribution >= 4 is 31.9 Å². The van der Waals surface area contributed by atoms with Gasteiger partial charge in [-0.25, -0.2) is 0 Å². The van der Waals surface area contributed by atoms with Gasteiger partial charge in [0.2, 0.25) is 0 Å². The highest BCUT2D eigenvalue weighted by Gasteiger charge is 1.96. The van der Waals surface area contributed by atoms with Crippen LogP contribution in [-0.2, 0) is 12.8 Å². The summed E-state index contributed by atoms with van der Waals surface area (Å²) in [4.78, 5) is 0. The monoisotopic (exact) mass is 374 g/mol. The first kappa shape index (κ1) is 16.2. The first-order valence-corrected chi connectivity index (χ1v) is 9.31. The second kappa shape index (κ2) is 11.0. The Kier molecular flexibility index (Phi) is 9.96. The number of unbranched alkanes of at least 4 members (excludes halogenated alkanes) is 4. The molecule has 0 bridgehead atoms. The van der Waals surface area contributed by atoms with Crippen LogP contribution in [0.4, 0.5) is 0 Å². The summed E-state index contributed by atoms with van der Waals surface area (Å²) in [5.41, 5.74) is 2.99. The molecule has 0 aliphatic carbocycles. The van der Waals surface area contributed by atoms with Gasteiger partial charge < -0.3 is 0 Å². The van der Waals surface area contributed by atoms with Crippen LogP contribution >= 0.6 is 31.9 Å². The lowest BCUT2D eigenvalue weighted by Gasteiger charge is -2.04. The van der Waals surface area contributed by atoms with E-state index >= 15 is 0 Å². The first-order valence-electron chi connectivity index (χ1n) is 7.06. The van der Waals surface area contributed by atoms with E-state index in [1.807, 2.05) is 0 Å². The van der Waals surface area contributed by atoms with Crippen molar-refractivity contribution < 1.29 is 0 Å². The van der Waals surface area contributed by atoms with Gasteiger partial charge in [0.05, 0.1) is 0 Å². The lowest BCUT2D eigenvalue weighted by molar-refractivity contribution is 0.719. The molecule has 0 nitrogen and oxygen atoms in total. The van der Waals surface area contributed by atoms with E-state index in [4.69, 9.17) is 0 Å². The van der Waals surface area contributed by atoms with Crippen molar-refractivity contribution in [2.24, 2.45) is 0 Å². The zero-order chi connectivity index (χ0) is 13.1. The van der Waals surface area contributed by atoms with Crippen molar-refractivity contribution in [3.63, 3.8) is 0 Å². The van der Waals surface area contributed by atoms with Crippen LogP contribution in [0.3, 0.4) is 0 Å². The zero-order valence-corrected chi connectivity index (χ0v) is 14.3. The van der Waals surface area contributed by atoms with Crippen molar-refractivity contribution in [2.45, 2.75) is 51.4 Å². The average molecular weight is 376 g/mol. The number of alkyl halides is 2. The molecule has 0 N–H and O–H groups in total. The fourth-order valence-corrected chi connectivity index (χ4v) is 2.87. The van der Waals surface area contributed by atoms with Crippen molar-refractivity contribution in [2.75, 3.05) is 10.7 Å². The smallest absolute Gasteiger partial charge is 0.00313 e. The third-order valence-electron chi connectivity index (χ3n) is 3.22. The minimum atomic E-state index is 1.14. The molecule has 0 amide bonds. The minimum absolute atomic E-state index is 1.14. The van der Waals surface area contributed by atoms with Gasteiger partial charge in [-0.05, 0) is 49.7 Å². The number of hydrogen-bond acceptors (Lipinski definition) is 0. The molecule has 1 aromatic rings. The van der Waals surface area contributed by atoms with Gasteiger partial charge in [0.1, 0.15) is 0 Å². The van der Waals surface area contributed by atoms with Crippen molar-refractivity contribution in [3.8, 4) is 0 Å². The van der Waals surface area contributed by atoms with Crippen LogP contribution in [0, 0.1) is 0 Å². The molecule has 0 heterocycles. The molecule has 0 radical (unpaired) electrons. The fourth-order valence-electron chi connectivity index (χ4n) is 2.07. The van der Waals surface area contributed by atoms with Gasteiger partial charge in [-0.1, -0.05) is 69.0 Å². The molecule has 2 heteroatoms. The maximum atomic E-state index is 3.48. The Morgan fingerprint density at radius 1 is 0.556 bits per heavy atom. The number of halogens is 2. The van der Waals surface area contributed by atoms with E-state index in [2.05, 4.69) is 56.1 Å². The van der Waals surface area contributed by atoms with Crippen LogP contribution in [-0.4, -0.2) is 10.7 Å². The van der Waals surface area contributed by atoms with E-state index < -0.39 is 0 Å². The quantitative estimate of drug-likeness (QED) is 0.352. The molecule has 1 aromatic carbocycles. The van der Waals surface area contributed by atoms with Gasteiger partial charge in [0.25, 0.3) is 0 Å². The Morgan fingerprint density at radius 3 is 1.28 bits per heavy atom. The van der Waals surface area contributed by atoms with Crippen molar-refractivity contribution in [3.05, 3.63) is 35.4 Å². The molecular formula is C16H24Br2. The van der Waals surface area contributed by atoms with Gasteiger partial charge in [-0.3, -0.25) is 0 Å². The average Bonchev–Trinajstić information content (AvgIpc) is 2.41. The molecule has 0 spiro atoms. The molecule has 0 fully saturated rings. The summed E-state index contributed by atoms with van der Waals surface area (Å²) in [5, 5.41) is 2.28. The minimum Gasteiger partial charge on any atom is -0.0928 e. The lowest BCUT2D eigenvalue weighted by Crippen LogP contribution is -1.90. The largest absolute Gasteiger partial charge is 0.0928 e. The molecule has 18 heavy (non-hydrogen) atoms. The summed E-state index contributed by atoms with van der Waals surface area (Å²) in [7, 11) is 0. The number of hydrogen-bond donors (Lipinski definition) is 0. The summed E-state index contributed by atoms with van der Waals surface area (Å²) in [6.45, 7) is 0. The SMILES string of the molecule is BrCCCCCc1ccc(CCCCCBr)cc1. The van der Waals surface area contributed by atoms with E-state index in [0.717, 1.165) is 10.7 Å². The second-order valence-corrected chi connectivity index (χ2v) is 6.40. The Morgan fingerprint density at radius 2 is 0.944 bits per heavy atom. The summed E-state index contributed by atoms with van der Waals surface area (Å²) >= 11 is 6.95. The highest BCUT2D eigenvalue weighted by Crippen LogP contribution is 2.12. The summed E-state index contributed by atoms with van der Waals surface area (Å²) in [6, 6.07) is 9.25. The number of rotatable bonds is 10. The topological polar surface area (TPSA) is 0 Å². The Hall–Kier alpha value is 0.180. The summed E-state index contributed by atoms with van der Waals surface area (Å²) < 4.78 is 0. The molecule has 0 aliphatic rings. The van der Waals surface area contributed by atoms with Gasteiger partial charge in [-0.15, -0.1) is 0 Å². The van der Waals surface area contributed by atoms with Crippen molar-refractivity contribution in [1.82, 2.24) is 0 Å². The highest BCUT2D eigenvalue weighted by molar-refractivity contribution is 9.09. The Bertz CT molecular complexity index is 261. The molecule has 0 atom stereocenters. The van der Waals surface area contributed by atoms with Crippen LogP contribution < -0.4 is 0 Å². The van der Waals surface area contributed by atoms with Crippen LogP contribution in [0.25, 0.3) is 0 Å². The molecule has 0 aliphatic heterocycles. The van der Waals surface area contributed by atoms with E-state index in [1.165, 1.54) is 62.5 Å². The van der Waals surface area contributed by atoms with Crippen molar-refractivity contribution in [1.29, 1.82) is 0 Å². The number of benzene rings is 1. The lowest BCUT2D eigenvalue weighted by atomic mass is 10.0. The molecule has 102 valence electrons. The Labute approximate surface area is 129 Å². The van der Waals surface area contributed by atoms with E-state index in [0.29, 0.717) is 0 Å². The van der Waals surface area contributed by atoms with Crippen LogP contribution in [0.15, 0.2) is 24.3 Å². The predicted octanol–water partition coefficient (Wildman–Crippen LogP) is 5.90. The molecule has 0 saturated carbocycles. The maximum Gasteiger partial charge on any atom is 0.00313 e. The Balaban J connectivity index is 2.20. The molecule has 0 aromatic heterocycles. The third-order valence-corrected chi connectivity index (χ3v) is 4.34. The first-order chi connectivity index (χ1) is 8.86. The maximum absolute atomic E-state index is 3.48. The van der Waals surface area contributed by atoms with Gasteiger partial charge >= 0.3 is 0 Å². The highest BCUT2D eigenvalue weighted by atomic mass is 79.9. The van der Waals surface area contributed by atoms with Gasteiger partial charge in [0.15, 0.2) is 0 Å². The molecular weight excluding hydrogens is 352 g/mol. The third kappa shape index (κ3) is 7.58. The summed E-state index contributed by atoms with van der Waals surface area (Å²) in [5.74, 6) is 0. The van der Waals surface area contributed by atoms with Crippen LogP contribution in [0.1, 0.15) is 49.7 Å². The summed E-state index contributed by atoms with van der Waals surface area (Å²) in [6.07, 6.45) is 10.4. The standard InChI is InChI=1S/C16H24Br2/c17-13-5-1-3-7-15-9-11-16(12-10-15)8-4-2-6-14-18/h9-12H,1-8,13-14H2. The zero-order valence-electron chi connectivity index (χ0n) is 11.1. The fraction of sp³-hybridized carbons (Fsp3) is 0.625.